The number of hydrogen-bond donors (Lipinski definition) is 1. The molecule has 0 aromatic heterocycles. The number of carboxylic acid groups (broad SMARTS) is 2. The Morgan fingerprint density at radius 1 is 0.871 bits per heavy atom. The van der Waals surface area contributed by atoms with E-state index in [2.05, 4.69) is 0 Å². The number of aliphatic hydroxyl groups is 1. The molecule has 2 aromatic carbocycles. The number of benzene rings is 2. The van der Waals surface area contributed by atoms with E-state index in [1.54, 1.807) is 12.1 Å². The standard InChI is InChI=1S/C24H30O5.2Na/c1-2-19(10-6-3-4-9-13-22(25)26)24(29,20-11-7-5-8-12-20)21-16-14-18(15-17-21)23(27)28;;/h5,7-8,11-12,14-17,19,29H,2-4,6,9-10,13H2,1H3,(H,25,26)(H,27,28);;/q;2*+1/p-2. The summed E-state index contributed by atoms with van der Waals surface area (Å²) >= 11 is 0. The minimum Gasteiger partial charge on any atom is -0.550 e. The molecule has 2 atom stereocenters. The van der Waals surface area contributed by atoms with Gasteiger partial charge in [0, 0.05) is 5.97 Å². The summed E-state index contributed by atoms with van der Waals surface area (Å²) in [7, 11) is 0. The van der Waals surface area contributed by atoms with Gasteiger partial charge in [0.05, 0.1) is 5.97 Å². The van der Waals surface area contributed by atoms with E-state index in [1.807, 2.05) is 37.3 Å². The zero-order valence-electron chi connectivity index (χ0n) is 18.8. The van der Waals surface area contributed by atoms with Crippen molar-refractivity contribution in [2.45, 2.75) is 57.5 Å². The molecule has 0 aliphatic carbocycles. The van der Waals surface area contributed by atoms with E-state index < -0.39 is 17.5 Å². The molecule has 0 saturated carbocycles. The fourth-order valence-electron chi connectivity index (χ4n) is 3.91. The molecule has 0 saturated heterocycles. The monoisotopic (exact) mass is 442 g/mol. The van der Waals surface area contributed by atoms with E-state index in [0.717, 1.165) is 37.7 Å². The molecule has 0 aliphatic heterocycles. The van der Waals surface area contributed by atoms with Gasteiger partial charge in [0.2, 0.25) is 0 Å². The number of aliphatic carboxylic acids is 1. The molecular formula is C24H28Na2O5. The van der Waals surface area contributed by atoms with Crippen molar-refractivity contribution in [2.75, 3.05) is 0 Å². The Morgan fingerprint density at radius 2 is 1.42 bits per heavy atom. The van der Waals surface area contributed by atoms with Gasteiger partial charge in [-0.3, -0.25) is 0 Å². The van der Waals surface area contributed by atoms with Gasteiger partial charge < -0.3 is 24.9 Å². The fourth-order valence-corrected chi connectivity index (χ4v) is 3.91. The molecule has 1 N–H and O–H groups in total. The molecule has 0 fully saturated rings. The number of unbranched alkanes of at least 4 members (excludes halogenated alkanes) is 3. The van der Waals surface area contributed by atoms with E-state index >= 15 is 0 Å². The van der Waals surface area contributed by atoms with Crippen molar-refractivity contribution in [3.8, 4) is 0 Å². The van der Waals surface area contributed by atoms with Gasteiger partial charge in [0.1, 0.15) is 5.60 Å². The molecule has 31 heavy (non-hydrogen) atoms. The van der Waals surface area contributed by atoms with Crippen LogP contribution >= 0.6 is 0 Å². The van der Waals surface area contributed by atoms with E-state index in [1.165, 1.54) is 12.1 Å². The quantitative estimate of drug-likeness (QED) is 0.271. The van der Waals surface area contributed by atoms with Gasteiger partial charge in [-0.2, -0.15) is 0 Å². The van der Waals surface area contributed by atoms with Crippen molar-refractivity contribution in [1.82, 2.24) is 0 Å². The maximum absolute atomic E-state index is 11.9. The summed E-state index contributed by atoms with van der Waals surface area (Å²) in [6.45, 7) is 2.03. The Hall–Kier alpha value is -0.660. The summed E-state index contributed by atoms with van der Waals surface area (Å²) in [4.78, 5) is 21.6. The molecule has 0 heterocycles. The smallest absolute Gasteiger partial charge is 0.550 e. The largest absolute Gasteiger partial charge is 1.00 e. The van der Waals surface area contributed by atoms with Crippen LogP contribution in [0.2, 0.25) is 0 Å². The Kier molecular flexibility index (Phi) is 14.9. The second-order valence-electron chi connectivity index (χ2n) is 7.43. The van der Waals surface area contributed by atoms with Crippen molar-refractivity contribution >= 4 is 11.9 Å². The van der Waals surface area contributed by atoms with Crippen LogP contribution in [0.3, 0.4) is 0 Å². The molecule has 0 spiro atoms. The molecule has 7 heteroatoms. The summed E-state index contributed by atoms with van der Waals surface area (Å²) < 4.78 is 0. The van der Waals surface area contributed by atoms with Crippen molar-refractivity contribution in [2.24, 2.45) is 5.92 Å². The third kappa shape index (κ3) is 8.65. The van der Waals surface area contributed by atoms with Gasteiger partial charge in [0.15, 0.2) is 0 Å². The third-order valence-corrected chi connectivity index (χ3v) is 5.54. The second kappa shape index (κ2) is 15.2. The molecule has 5 nitrogen and oxygen atoms in total. The number of hydrogen-bond acceptors (Lipinski definition) is 5. The van der Waals surface area contributed by atoms with Gasteiger partial charge in [0.25, 0.3) is 0 Å². The van der Waals surface area contributed by atoms with Gasteiger partial charge in [-0.25, -0.2) is 0 Å². The average Bonchev–Trinajstić information content (AvgIpc) is 2.73. The van der Waals surface area contributed by atoms with Crippen LogP contribution in [0.5, 0.6) is 0 Å². The van der Waals surface area contributed by atoms with Gasteiger partial charge in [-0.1, -0.05) is 80.8 Å². The third-order valence-electron chi connectivity index (χ3n) is 5.54. The Morgan fingerprint density at radius 3 is 1.94 bits per heavy atom. The predicted octanol–water partition coefficient (Wildman–Crippen LogP) is -3.59. The maximum Gasteiger partial charge on any atom is 1.00 e. The summed E-state index contributed by atoms with van der Waals surface area (Å²) in [5.74, 6) is -2.34. The molecule has 0 radical (unpaired) electrons. The fraction of sp³-hybridized carbons (Fsp3) is 0.417. The van der Waals surface area contributed by atoms with Crippen LogP contribution < -0.4 is 69.3 Å². The summed E-state index contributed by atoms with van der Waals surface area (Å²) in [6.07, 6.45) is 4.77. The molecule has 2 rings (SSSR count). The van der Waals surface area contributed by atoms with Crippen LogP contribution in [-0.2, 0) is 10.4 Å². The number of carboxylic acids is 2. The molecule has 2 unspecified atom stereocenters. The summed E-state index contributed by atoms with van der Waals surface area (Å²) in [5, 5.41) is 33.5. The number of carbonyl (C=O) groups is 2. The van der Waals surface area contributed by atoms with Crippen molar-refractivity contribution in [3.63, 3.8) is 0 Å². The van der Waals surface area contributed by atoms with Gasteiger partial charge >= 0.3 is 59.1 Å². The van der Waals surface area contributed by atoms with Crippen LogP contribution in [-0.4, -0.2) is 17.0 Å². The van der Waals surface area contributed by atoms with Crippen LogP contribution in [0.1, 0.15) is 73.4 Å². The number of rotatable bonds is 12. The Labute approximate surface area is 228 Å². The minimum atomic E-state index is -1.25. The molecule has 156 valence electrons. The van der Waals surface area contributed by atoms with Crippen LogP contribution in [0.4, 0.5) is 0 Å². The Bertz CT molecular complexity index is 795. The summed E-state index contributed by atoms with van der Waals surface area (Å²) in [5.41, 5.74) is 0.249. The Balaban J connectivity index is 0.00000450. The van der Waals surface area contributed by atoms with E-state index in [0.29, 0.717) is 12.0 Å². The number of aromatic carboxylic acids is 1. The molecule has 0 aliphatic rings. The topological polar surface area (TPSA) is 100 Å². The first-order valence-electron chi connectivity index (χ1n) is 10.2. The first-order valence-corrected chi connectivity index (χ1v) is 10.2. The van der Waals surface area contributed by atoms with E-state index in [4.69, 9.17) is 0 Å². The number of carbonyl (C=O) groups excluding carboxylic acids is 2. The van der Waals surface area contributed by atoms with Crippen molar-refractivity contribution in [1.29, 1.82) is 0 Å². The van der Waals surface area contributed by atoms with Crippen molar-refractivity contribution < 1.29 is 84.0 Å². The second-order valence-corrected chi connectivity index (χ2v) is 7.43. The SMILES string of the molecule is CCC(CCCCCCC(=O)[O-])C(O)(c1ccccc1)c1ccc(C(=O)[O-])cc1.[Na+].[Na+]. The van der Waals surface area contributed by atoms with Gasteiger partial charge in [-0.05, 0) is 48.3 Å². The van der Waals surface area contributed by atoms with Crippen LogP contribution in [0, 0.1) is 5.92 Å². The molecule has 2 aromatic rings. The van der Waals surface area contributed by atoms with E-state index in [9.17, 15) is 24.9 Å². The first-order chi connectivity index (χ1) is 13.9. The first kappa shape index (κ1) is 30.3. The molecule has 0 bridgehead atoms. The molecular weight excluding hydrogens is 414 g/mol. The molecule has 0 amide bonds. The normalized spacial score (nSPS) is 13.2. The van der Waals surface area contributed by atoms with Crippen LogP contribution in [0.25, 0.3) is 0 Å². The summed E-state index contributed by atoms with van der Waals surface area (Å²) in [6, 6.07) is 15.6. The predicted molar refractivity (Wildman–Crippen MR) is 107 cm³/mol. The van der Waals surface area contributed by atoms with Gasteiger partial charge in [-0.15, -0.1) is 0 Å². The minimum absolute atomic E-state index is 0. The van der Waals surface area contributed by atoms with Crippen molar-refractivity contribution in [3.05, 3.63) is 71.3 Å². The van der Waals surface area contributed by atoms with E-state index in [-0.39, 0.29) is 77.0 Å². The zero-order valence-corrected chi connectivity index (χ0v) is 22.8. The van der Waals surface area contributed by atoms with Crippen LogP contribution in [0.15, 0.2) is 54.6 Å². The average molecular weight is 442 g/mol. The zero-order chi connectivity index (χ0) is 21.3. The maximum atomic E-state index is 11.9.